The van der Waals surface area contributed by atoms with Crippen LogP contribution in [0.25, 0.3) is 0 Å². The first-order valence-corrected chi connectivity index (χ1v) is 6.57. The molecule has 1 aromatic rings. The number of aromatic nitrogens is 1. The van der Waals surface area contributed by atoms with Gasteiger partial charge in [0, 0.05) is 23.8 Å². The number of nitrogen functional groups attached to an aromatic ring is 1. The first kappa shape index (κ1) is 10.2. The third kappa shape index (κ3) is 1.63. The summed E-state index contributed by atoms with van der Waals surface area (Å²) in [6.45, 7) is 2.26. The van der Waals surface area contributed by atoms with E-state index in [-0.39, 0.29) is 0 Å². The Morgan fingerprint density at radius 1 is 1.25 bits per heavy atom. The van der Waals surface area contributed by atoms with Crippen LogP contribution in [-0.4, -0.2) is 11.1 Å². The van der Waals surface area contributed by atoms with Gasteiger partial charge in [0.1, 0.15) is 5.82 Å². The molecule has 3 rings (SSSR count). The van der Waals surface area contributed by atoms with Crippen molar-refractivity contribution < 1.29 is 0 Å². The Labute approximate surface area is 97.0 Å². The largest absolute Gasteiger partial charge is 0.385 e. The van der Waals surface area contributed by atoms with Crippen LogP contribution in [0.5, 0.6) is 0 Å². The standard InChI is InChI=1S/C13H21N3/c14-13-11(12-6-1-3-7-15-12)9-10-5-2-4-8-16(10)13/h9,12,15H,1-8,14H2. The van der Waals surface area contributed by atoms with Crippen LogP contribution in [0.4, 0.5) is 5.82 Å². The summed E-state index contributed by atoms with van der Waals surface area (Å²) >= 11 is 0. The Morgan fingerprint density at radius 3 is 2.94 bits per heavy atom. The van der Waals surface area contributed by atoms with E-state index in [0.29, 0.717) is 6.04 Å². The molecule has 2 aliphatic heterocycles. The minimum absolute atomic E-state index is 0.506. The summed E-state index contributed by atoms with van der Waals surface area (Å²) in [5.74, 6) is 1.02. The number of nitrogens with two attached hydrogens (primary N) is 1. The number of hydrogen-bond donors (Lipinski definition) is 2. The van der Waals surface area contributed by atoms with E-state index in [1.165, 1.54) is 49.8 Å². The lowest BCUT2D eigenvalue weighted by Gasteiger charge is -2.23. The van der Waals surface area contributed by atoms with Crippen molar-refractivity contribution in [2.24, 2.45) is 0 Å². The summed E-state index contributed by atoms with van der Waals surface area (Å²) in [5, 5.41) is 3.59. The van der Waals surface area contributed by atoms with Crippen molar-refractivity contribution in [3.05, 3.63) is 17.3 Å². The molecule has 0 aliphatic carbocycles. The molecule has 0 bridgehead atoms. The molecule has 0 amide bonds. The van der Waals surface area contributed by atoms with Crippen molar-refractivity contribution in [2.45, 2.75) is 51.1 Å². The highest BCUT2D eigenvalue weighted by Crippen LogP contribution is 2.32. The van der Waals surface area contributed by atoms with Gasteiger partial charge in [-0.25, -0.2) is 0 Å². The molecule has 0 spiro atoms. The van der Waals surface area contributed by atoms with E-state index in [4.69, 9.17) is 5.73 Å². The lowest BCUT2D eigenvalue weighted by Crippen LogP contribution is -2.27. The van der Waals surface area contributed by atoms with Crippen molar-refractivity contribution in [3.63, 3.8) is 0 Å². The van der Waals surface area contributed by atoms with Gasteiger partial charge in [0.15, 0.2) is 0 Å². The van der Waals surface area contributed by atoms with Gasteiger partial charge in [-0.1, -0.05) is 6.42 Å². The highest BCUT2D eigenvalue weighted by Gasteiger charge is 2.22. The fourth-order valence-electron chi connectivity index (χ4n) is 3.09. The highest BCUT2D eigenvalue weighted by molar-refractivity contribution is 5.47. The van der Waals surface area contributed by atoms with Crippen molar-refractivity contribution in [1.82, 2.24) is 9.88 Å². The molecule has 1 atom stereocenters. The second-order valence-corrected chi connectivity index (χ2v) is 5.09. The molecule has 0 radical (unpaired) electrons. The zero-order valence-corrected chi connectivity index (χ0v) is 9.84. The number of hydrogen-bond acceptors (Lipinski definition) is 2. The van der Waals surface area contributed by atoms with Crippen LogP contribution < -0.4 is 11.1 Å². The number of nitrogens with one attached hydrogen (secondary N) is 1. The summed E-state index contributed by atoms with van der Waals surface area (Å²) in [6, 6.07) is 2.85. The van der Waals surface area contributed by atoms with Gasteiger partial charge in [-0.15, -0.1) is 0 Å². The predicted octanol–water partition coefficient (Wildman–Crippen LogP) is 2.22. The second kappa shape index (κ2) is 4.13. The summed E-state index contributed by atoms with van der Waals surface area (Å²) in [4.78, 5) is 0. The van der Waals surface area contributed by atoms with Gasteiger partial charge in [-0.3, -0.25) is 0 Å². The number of nitrogens with zero attached hydrogens (tertiary/aromatic N) is 1. The van der Waals surface area contributed by atoms with E-state index in [1.807, 2.05) is 0 Å². The fraction of sp³-hybridized carbons (Fsp3) is 0.692. The van der Waals surface area contributed by atoms with Crippen molar-refractivity contribution in [3.8, 4) is 0 Å². The first-order valence-electron chi connectivity index (χ1n) is 6.57. The van der Waals surface area contributed by atoms with Gasteiger partial charge < -0.3 is 15.6 Å². The van der Waals surface area contributed by atoms with Crippen LogP contribution in [0.1, 0.15) is 49.4 Å². The summed E-state index contributed by atoms with van der Waals surface area (Å²) < 4.78 is 2.33. The molecule has 3 N–H and O–H groups in total. The molecule has 1 aromatic heterocycles. The summed E-state index contributed by atoms with van der Waals surface area (Å²) in [7, 11) is 0. The fourth-order valence-corrected chi connectivity index (χ4v) is 3.09. The van der Waals surface area contributed by atoms with E-state index in [9.17, 15) is 0 Å². The van der Waals surface area contributed by atoms with E-state index in [2.05, 4.69) is 16.0 Å². The van der Waals surface area contributed by atoms with Gasteiger partial charge in [0.2, 0.25) is 0 Å². The molecule has 3 heteroatoms. The number of fused-ring (bicyclic) bond motifs is 1. The van der Waals surface area contributed by atoms with Gasteiger partial charge in [0.25, 0.3) is 0 Å². The third-order valence-electron chi connectivity index (χ3n) is 4.01. The number of piperidine rings is 1. The van der Waals surface area contributed by atoms with Gasteiger partial charge in [-0.05, 0) is 44.7 Å². The second-order valence-electron chi connectivity index (χ2n) is 5.09. The van der Waals surface area contributed by atoms with Crippen molar-refractivity contribution in [1.29, 1.82) is 0 Å². The number of anilines is 1. The van der Waals surface area contributed by atoms with Gasteiger partial charge >= 0.3 is 0 Å². The molecule has 1 unspecified atom stereocenters. The minimum atomic E-state index is 0.506. The van der Waals surface area contributed by atoms with Crippen LogP contribution >= 0.6 is 0 Å². The molecule has 88 valence electrons. The van der Waals surface area contributed by atoms with Crippen molar-refractivity contribution >= 4 is 5.82 Å². The third-order valence-corrected chi connectivity index (χ3v) is 4.01. The van der Waals surface area contributed by atoms with Crippen molar-refractivity contribution in [2.75, 3.05) is 12.3 Å². The molecular weight excluding hydrogens is 198 g/mol. The highest BCUT2D eigenvalue weighted by atomic mass is 15.1. The van der Waals surface area contributed by atoms with E-state index in [1.54, 1.807) is 0 Å². The van der Waals surface area contributed by atoms with Crippen LogP contribution in [0.2, 0.25) is 0 Å². The smallest absolute Gasteiger partial charge is 0.108 e. The molecule has 1 saturated heterocycles. The average Bonchev–Trinajstić information content (AvgIpc) is 2.69. The van der Waals surface area contributed by atoms with Crippen LogP contribution in [0.15, 0.2) is 6.07 Å². The number of aryl methyl sites for hydroxylation is 1. The van der Waals surface area contributed by atoms with Crippen LogP contribution in [0, 0.1) is 0 Å². The monoisotopic (exact) mass is 219 g/mol. The number of rotatable bonds is 1. The minimum Gasteiger partial charge on any atom is -0.385 e. The Bertz CT molecular complexity index is 375. The summed E-state index contributed by atoms with van der Waals surface area (Å²) in [6.07, 6.45) is 7.69. The molecule has 16 heavy (non-hydrogen) atoms. The predicted molar refractivity (Wildman–Crippen MR) is 66.4 cm³/mol. The van der Waals surface area contributed by atoms with Crippen LogP contribution in [-0.2, 0) is 13.0 Å². The normalized spacial score (nSPS) is 25.4. The van der Waals surface area contributed by atoms with E-state index < -0.39 is 0 Å². The van der Waals surface area contributed by atoms with E-state index in [0.717, 1.165) is 18.9 Å². The zero-order valence-electron chi connectivity index (χ0n) is 9.84. The Morgan fingerprint density at radius 2 is 2.19 bits per heavy atom. The maximum Gasteiger partial charge on any atom is 0.108 e. The van der Waals surface area contributed by atoms with Crippen LogP contribution in [0.3, 0.4) is 0 Å². The van der Waals surface area contributed by atoms with E-state index >= 15 is 0 Å². The molecular formula is C13H21N3. The quantitative estimate of drug-likeness (QED) is 0.760. The molecule has 0 aromatic carbocycles. The molecule has 1 fully saturated rings. The maximum atomic E-state index is 6.28. The Kier molecular flexibility index (Phi) is 2.64. The molecule has 3 heterocycles. The maximum absolute atomic E-state index is 6.28. The Balaban J connectivity index is 1.91. The summed E-state index contributed by atoms with van der Waals surface area (Å²) in [5.41, 5.74) is 9.09. The first-order chi connectivity index (χ1) is 7.86. The Hall–Kier alpha value is -0.960. The molecule has 2 aliphatic rings. The zero-order chi connectivity index (χ0) is 11.0. The van der Waals surface area contributed by atoms with Gasteiger partial charge in [-0.2, -0.15) is 0 Å². The van der Waals surface area contributed by atoms with Gasteiger partial charge in [0.05, 0.1) is 0 Å². The SMILES string of the molecule is Nc1c(C2CCCCN2)cc2n1CCCC2. The topological polar surface area (TPSA) is 43.0 Å². The lowest BCUT2D eigenvalue weighted by atomic mass is 9.99. The molecule has 3 nitrogen and oxygen atoms in total. The lowest BCUT2D eigenvalue weighted by molar-refractivity contribution is 0.413. The average molecular weight is 219 g/mol. The molecule has 0 saturated carbocycles.